The predicted molar refractivity (Wildman–Crippen MR) is 105 cm³/mol. The van der Waals surface area contributed by atoms with E-state index < -0.39 is 0 Å². The number of amides is 1. The summed E-state index contributed by atoms with van der Waals surface area (Å²) in [6.45, 7) is 5.95. The van der Waals surface area contributed by atoms with Crippen molar-refractivity contribution in [2.24, 2.45) is 7.05 Å². The van der Waals surface area contributed by atoms with Crippen molar-refractivity contribution in [3.05, 3.63) is 42.0 Å². The summed E-state index contributed by atoms with van der Waals surface area (Å²) in [5.41, 5.74) is 2.87. The highest BCUT2D eigenvalue weighted by Gasteiger charge is 2.23. The first-order chi connectivity index (χ1) is 13.3. The van der Waals surface area contributed by atoms with Crippen LogP contribution >= 0.6 is 0 Å². The van der Waals surface area contributed by atoms with E-state index >= 15 is 0 Å². The minimum absolute atomic E-state index is 0.211. The van der Waals surface area contributed by atoms with E-state index in [4.69, 9.17) is 0 Å². The number of nitrogens with zero attached hydrogens (tertiary/aromatic N) is 4. The van der Waals surface area contributed by atoms with Crippen LogP contribution in [0.3, 0.4) is 0 Å². The lowest BCUT2D eigenvalue weighted by molar-refractivity contribution is 0.0913. The third-order valence-corrected chi connectivity index (χ3v) is 5.02. The molecule has 1 aromatic carbocycles. The zero-order valence-electron chi connectivity index (χ0n) is 16.2. The smallest absolute Gasteiger partial charge is 0.255 e. The second-order valence-electron chi connectivity index (χ2n) is 7.48. The standard InChI is InChI=1S/C20H21FN6O/c1-5-20(2,3)25-19(28)13-9-22-18-17(13)24-14(10-23-18)16-12-7-6-11(21)8-15(12)27(4)26-16/h6-10H,5H2,1-4H3,(H,22,23)(H,25,28). The van der Waals surface area contributed by atoms with Crippen molar-refractivity contribution in [3.8, 4) is 11.4 Å². The third kappa shape index (κ3) is 3.00. The van der Waals surface area contributed by atoms with Crippen LogP contribution in [0, 0.1) is 5.82 Å². The molecule has 3 aromatic heterocycles. The number of nitrogens with one attached hydrogen (secondary N) is 2. The molecular formula is C20H21FN6O. The maximum absolute atomic E-state index is 13.6. The number of halogens is 1. The summed E-state index contributed by atoms with van der Waals surface area (Å²) in [6.07, 6.45) is 4.01. The van der Waals surface area contributed by atoms with E-state index in [2.05, 4.69) is 25.4 Å². The zero-order chi connectivity index (χ0) is 20.1. The number of aryl methyl sites for hydroxylation is 1. The topological polar surface area (TPSA) is 88.5 Å². The van der Waals surface area contributed by atoms with Crippen molar-refractivity contribution in [3.63, 3.8) is 0 Å². The summed E-state index contributed by atoms with van der Waals surface area (Å²) in [5, 5.41) is 8.26. The van der Waals surface area contributed by atoms with Crippen LogP contribution in [-0.4, -0.2) is 36.2 Å². The van der Waals surface area contributed by atoms with Gasteiger partial charge in [0.1, 0.15) is 22.7 Å². The van der Waals surface area contributed by atoms with Gasteiger partial charge in [0.15, 0.2) is 5.65 Å². The van der Waals surface area contributed by atoms with Gasteiger partial charge in [-0.05, 0) is 38.5 Å². The number of carbonyl (C=O) groups is 1. The highest BCUT2D eigenvalue weighted by Crippen LogP contribution is 2.28. The molecule has 2 N–H and O–H groups in total. The average molecular weight is 380 g/mol. The first kappa shape index (κ1) is 18.1. The Balaban J connectivity index is 1.82. The van der Waals surface area contributed by atoms with Crippen LogP contribution in [0.1, 0.15) is 37.6 Å². The van der Waals surface area contributed by atoms with Crippen molar-refractivity contribution in [1.29, 1.82) is 0 Å². The molecule has 0 atom stereocenters. The average Bonchev–Trinajstić information content (AvgIpc) is 3.22. The molecule has 0 aliphatic carbocycles. The van der Waals surface area contributed by atoms with E-state index in [0.29, 0.717) is 33.6 Å². The summed E-state index contributed by atoms with van der Waals surface area (Å²) in [4.78, 5) is 24.8. The fraction of sp³-hybridized carbons (Fsp3) is 0.300. The lowest BCUT2D eigenvalue weighted by Gasteiger charge is -2.24. The Kier molecular flexibility index (Phi) is 4.14. The van der Waals surface area contributed by atoms with E-state index in [9.17, 15) is 9.18 Å². The molecule has 144 valence electrons. The van der Waals surface area contributed by atoms with Gasteiger partial charge in [0.25, 0.3) is 5.91 Å². The van der Waals surface area contributed by atoms with Crippen LogP contribution in [0.4, 0.5) is 4.39 Å². The molecular weight excluding hydrogens is 359 g/mol. The summed E-state index contributed by atoms with van der Waals surface area (Å²) in [5.74, 6) is -0.538. The highest BCUT2D eigenvalue weighted by molar-refractivity contribution is 6.05. The van der Waals surface area contributed by atoms with Crippen molar-refractivity contribution >= 4 is 28.0 Å². The monoisotopic (exact) mass is 380 g/mol. The number of H-pyrrole nitrogens is 1. The largest absolute Gasteiger partial charge is 0.347 e. The molecule has 0 spiro atoms. The fourth-order valence-corrected chi connectivity index (χ4v) is 3.06. The van der Waals surface area contributed by atoms with Gasteiger partial charge in [0, 0.05) is 24.2 Å². The van der Waals surface area contributed by atoms with Gasteiger partial charge in [0.2, 0.25) is 0 Å². The van der Waals surface area contributed by atoms with Gasteiger partial charge in [-0.15, -0.1) is 0 Å². The molecule has 0 saturated heterocycles. The molecule has 3 heterocycles. The number of benzene rings is 1. The van der Waals surface area contributed by atoms with Gasteiger partial charge < -0.3 is 10.3 Å². The maximum atomic E-state index is 13.6. The third-order valence-electron chi connectivity index (χ3n) is 5.02. The molecule has 8 heteroatoms. The number of hydrogen-bond acceptors (Lipinski definition) is 4. The van der Waals surface area contributed by atoms with Gasteiger partial charge in [-0.2, -0.15) is 5.10 Å². The number of aromatic nitrogens is 5. The Morgan fingerprint density at radius 2 is 2.14 bits per heavy atom. The second kappa shape index (κ2) is 6.40. The van der Waals surface area contributed by atoms with Crippen LogP contribution in [0.15, 0.2) is 30.6 Å². The summed E-state index contributed by atoms with van der Waals surface area (Å²) < 4.78 is 15.2. The van der Waals surface area contributed by atoms with Crippen LogP contribution in [-0.2, 0) is 7.05 Å². The van der Waals surface area contributed by atoms with E-state index in [1.165, 1.54) is 12.1 Å². The van der Waals surface area contributed by atoms with Gasteiger partial charge in [0.05, 0.1) is 17.3 Å². The van der Waals surface area contributed by atoms with Crippen molar-refractivity contribution in [2.45, 2.75) is 32.7 Å². The van der Waals surface area contributed by atoms with Gasteiger partial charge in [-0.1, -0.05) is 6.92 Å². The second-order valence-corrected chi connectivity index (χ2v) is 7.48. The van der Waals surface area contributed by atoms with Crippen molar-refractivity contribution in [2.75, 3.05) is 0 Å². The first-order valence-electron chi connectivity index (χ1n) is 9.08. The molecule has 4 rings (SSSR count). The predicted octanol–water partition coefficient (Wildman–Crippen LogP) is 3.57. The Morgan fingerprint density at radius 1 is 1.36 bits per heavy atom. The molecule has 0 fully saturated rings. The van der Waals surface area contributed by atoms with Gasteiger partial charge >= 0.3 is 0 Å². The van der Waals surface area contributed by atoms with Gasteiger partial charge in [-0.25, -0.2) is 14.4 Å². The Morgan fingerprint density at radius 3 is 2.89 bits per heavy atom. The molecule has 28 heavy (non-hydrogen) atoms. The number of carbonyl (C=O) groups excluding carboxylic acids is 1. The maximum Gasteiger partial charge on any atom is 0.255 e. The van der Waals surface area contributed by atoms with Gasteiger partial charge in [-0.3, -0.25) is 9.48 Å². The van der Waals surface area contributed by atoms with E-state index in [0.717, 1.165) is 11.8 Å². The fourth-order valence-electron chi connectivity index (χ4n) is 3.06. The van der Waals surface area contributed by atoms with Crippen LogP contribution in [0.25, 0.3) is 33.5 Å². The van der Waals surface area contributed by atoms with Crippen LogP contribution < -0.4 is 5.32 Å². The summed E-state index contributed by atoms with van der Waals surface area (Å²) in [6, 6.07) is 4.49. The Labute approximate surface area is 161 Å². The zero-order valence-corrected chi connectivity index (χ0v) is 16.2. The Hall–Kier alpha value is -3.29. The molecule has 0 radical (unpaired) electrons. The highest BCUT2D eigenvalue weighted by atomic mass is 19.1. The van der Waals surface area contributed by atoms with Crippen molar-refractivity contribution in [1.82, 2.24) is 30.0 Å². The number of hydrogen-bond donors (Lipinski definition) is 2. The molecule has 1 amide bonds. The number of aromatic amines is 1. The van der Waals surface area contributed by atoms with Crippen molar-refractivity contribution < 1.29 is 9.18 Å². The normalized spacial score (nSPS) is 12.0. The van der Waals surface area contributed by atoms with E-state index in [-0.39, 0.29) is 17.3 Å². The molecule has 0 aliphatic heterocycles. The first-order valence-corrected chi connectivity index (χ1v) is 9.08. The molecule has 0 bridgehead atoms. The lowest BCUT2D eigenvalue weighted by Crippen LogP contribution is -2.42. The SMILES string of the molecule is CCC(C)(C)NC(=O)c1c[nH]c2ncc(-c3nn(C)c4cc(F)ccc34)nc12. The molecule has 0 saturated carbocycles. The molecule has 0 aliphatic rings. The molecule has 0 unspecified atom stereocenters. The number of fused-ring (bicyclic) bond motifs is 2. The summed E-state index contributed by atoms with van der Waals surface area (Å²) >= 11 is 0. The quantitative estimate of drug-likeness (QED) is 0.566. The van der Waals surface area contributed by atoms with Crippen LogP contribution in [0.2, 0.25) is 0 Å². The Bertz CT molecular complexity index is 1210. The number of rotatable bonds is 4. The summed E-state index contributed by atoms with van der Waals surface area (Å²) in [7, 11) is 1.75. The van der Waals surface area contributed by atoms with E-state index in [1.807, 2.05) is 20.8 Å². The molecule has 7 nitrogen and oxygen atoms in total. The van der Waals surface area contributed by atoms with Crippen LogP contribution in [0.5, 0.6) is 0 Å². The lowest BCUT2D eigenvalue weighted by atomic mass is 10.0. The van der Waals surface area contributed by atoms with E-state index in [1.54, 1.807) is 30.2 Å². The minimum Gasteiger partial charge on any atom is -0.347 e. The molecule has 4 aromatic rings. The minimum atomic E-state index is -0.327.